The average molecular weight is 193 g/mol. The quantitative estimate of drug-likeness (QED) is 0.613. The molecule has 0 aromatic carbocycles. The molecule has 0 bridgehead atoms. The van der Waals surface area contributed by atoms with Crippen LogP contribution < -0.4 is 5.32 Å². The third kappa shape index (κ3) is 2.77. The Labute approximate surface area is 71.0 Å². The molecule has 0 atom stereocenters. The van der Waals surface area contributed by atoms with Gasteiger partial charge in [-0.2, -0.15) is 18.5 Å². The lowest BCUT2D eigenvalue weighted by Crippen LogP contribution is -2.42. The fourth-order valence-corrected chi connectivity index (χ4v) is 0.727. The van der Waals surface area contributed by atoms with Gasteiger partial charge >= 0.3 is 12.2 Å². The number of imide groups is 1. The van der Waals surface area contributed by atoms with Crippen molar-refractivity contribution in [1.82, 2.24) is 10.2 Å². The molecule has 1 aliphatic rings. The van der Waals surface area contributed by atoms with Gasteiger partial charge < -0.3 is 0 Å². The largest absolute Gasteiger partial charge is 0.406 e. The normalized spacial score (nSPS) is 17.6. The Kier molecular flexibility index (Phi) is 2.26. The molecule has 0 aromatic heterocycles. The summed E-state index contributed by atoms with van der Waals surface area (Å²) in [5.74, 6) is -0.844. The van der Waals surface area contributed by atoms with Crippen LogP contribution in [0, 0.1) is 0 Å². The highest BCUT2D eigenvalue weighted by Gasteiger charge is 2.34. The van der Waals surface area contributed by atoms with Crippen LogP contribution in [-0.4, -0.2) is 29.6 Å². The number of rotatable bonds is 1. The van der Waals surface area contributed by atoms with Gasteiger partial charge in [0.25, 0.3) is 5.91 Å². The van der Waals surface area contributed by atoms with Crippen LogP contribution in [0.4, 0.5) is 18.0 Å². The van der Waals surface area contributed by atoms with E-state index in [4.69, 9.17) is 0 Å². The van der Waals surface area contributed by atoms with Crippen molar-refractivity contribution in [3.63, 3.8) is 0 Å². The van der Waals surface area contributed by atoms with E-state index in [1.807, 2.05) is 0 Å². The van der Waals surface area contributed by atoms with Crippen molar-refractivity contribution >= 4 is 11.9 Å². The summed E-state index contributed by atoms with van der Waals surface area (Å²) in [5, 5.41) is 2.81. The first-order valence-corrected chi connectivity index (χ1v) is 3.20. The lowest BCUT2D eigenvalue weighted by Gasteiger charge is -2.20. The van der Waals surface area contributed by atoms with Gasteiger partial charge in [-0.3, -0.25) is 9.69 Å². The van der Waals surface area contributed by atoms with Gasteiger partial charge in [0.15, 0.2) is 0 Å². The Morgan fingerprint density at radius 3 is 2.46 bits per heavy atom. The molecule has 0 fully saturated rings. The first-order valence-electron chi connectivity index (χ1n) is 3.20. The molecule has 1 rings (SSSR count). The molecule has 0 spiro atoms. The van der Waals surface area contributed by atoms with Gasteiger partial charge in [0.2, 0.25) is 0 Å². The molecule has 13 heavy (non-hydrogen) atoms. The number of halogens is 3. The summed E-state index contributed by atoms with van der Waals surface area (Å²) in [7, 11) is 0. The number of amides is 3. The lowest BCUT2D eigenvalue weighted by atomic mass is 10.4. The zero-order chi connectivity index (χ0) is 10.1. The molecule has 3 amide bonds. The molecule has 0 unspecified atom stereocenters. The Balaban J connectivity index is 2.66. The van der Waals surface area contributed by atoms with Crippen molar-refractivity contribution in [1.29, 1.82) is 0 Å². The van der Waals surface area contributed by atoms with E-state index in [0.717, 1.165) is 12.3 Å². The van der Waals surface area contributed by atoms with E-state index >= 15 is 0 Å². The van der Waals surface area contributed by atoms with Gasteiger partial charge in [-0.05, 0) is 0 Å². The Hall–Kier alpha value is -1.53. The van der Waals surface area contributed by atoms with E-state index in [0.29, 0.717) is 4.90 Å². The zero-order valence-electron chi connectivity index (χ0n) is 6.21. The molecular formula is C6H4F3N2O2. The first-order chi connectivity index (χ1) is 5.88. The fraction of sp³-hybridized carbons (Fsp3) is 0.333. The number of hydrogen-bond donors (Lipinski definition) is 0. The molecule has 0 aromatic rings. The van der Waals surface area contributed by atoms with Gasteiger partial charge in [0, 0.05) is 12.3 Å². The standard InChI is InChI=1S/C6H4F3N2O2/c7-6(8,9)3-11-2-1-4(12)10-5(11)13/h1-2H,3H2. The number of carbonyl (C=O) groups excluding carboxylic acids is 2. The van der Waals surface area contributed by atoms with Gasteiger partial charge in [-0.25, -0.2) is 4.79 Å². The molecule has 7 heteroatoms. The Bertz CT molecular complexity index is 272. The van der Waals surface area contributed by atoms with E-state index in [2.05, 4.69) is 5.32 Å². The third-order valence-electron chi connectivity index (χ3n) is 1.20. The number of nitrogens with zero attached hydrogens (tertiary/aromatic N) is 2. The van der Waals surface area contributed by atoms with E-state index in [1.165, 1.54) is 0 Å². The maximum absolute atomic E-state index is 11.8. The smallest absolute Gasteiger partial charge is 0.290 e. The maximum Gasteiger partial charge on any atom is 0.406 e. The van der Waals surface area contributed by atoms with Crippen LogP contribution in [0.2, 0.25) is 0 Å². The number of urea groups is 1. The van der Waals surface area contributed by atoms with E-state index in [-0.39, 0.29) is 0 Å². The molecule has 0 aliphatic carbocycles. The summed E-state index contributed by atoms with van der Waals surface area (Å²) in [4.78, 5) is 21.4. The summed E-state index contributed by atoms with van der Waals surface area (Å²) in [5.41, 5.74) is 0. The molecule has 0 saturated heterocycles. The molecule has 4 nitrogen and oxygen atoms in total. The van der Waals surface area contributed by atoms with Crippen LogP contribution in [0.3, 0.4) is 0 Å². The number of carbonyl (C=O) groups is 2. The molecule has 71 valence electrons. The third-order valence-corrected chi connectivity index (χ3v) is 1.20. The van der Waals surface area contributed by atoms with Gasteiger partial charge in [-0.15, -0.1) is 0 Å². The minimum Gasteiger partial charge on any atom is -0.290 e. The first kappa shape index (κ1) is 9.56. The van der Waals surface area contributed by atoms with Crippen molar-refractivity contribution < 1.29 is 22.8 Å². The summed E-state index contributed by atoms with van der Waals surface area (Å²) in [6, 6.07) is -1.19. The minimum atomic E-state index is -4.49. The van der Waals surface area contributed by atoms with Crippen LogP contribution in [0.1, 0.15) is 0 Å². The van der Waals surface area contributed by atoms with Gasteiger partial charge in [-0.1, -0.05) is 0 Å². The van der Waals surface area contributed by atoms with Crippen molar-refractivity contribution in [3.05, 3.63) is 12.3 Å². The fourth-order valence-electron chi connectivity index (χ4n) is 0.727. The zero-order valence-corrected chi connectivity index (χ0v) is 6.21. The van der Waals surface area contributed by atoms with E-state index < -0.39 is 24.7 Å². The van der Waals surface area contributed by atoms with Crippen molar-refractivity contribution in [3.8, 4) is 0 Å². The summed E-state index contributed by atoms with van der Waals surface area (Å²) >= 11 is 0. The van der Waals surface area contributed by atoms with Crippen molar-refractivity contribution in [2.75, 3.05) is 6.54 Å². The van der Waals surface area contributed by atoms with Crippen LogP contribution in [0.5, 0.6) is 0 Å². The predicted octanol–water partition coefficient (Wildman–Crippen LogP) is 0.629. The van der Waals surface area contributed by atoms with Crippen molar-refractivity contribution in [2.24, 2.45) is 0 Å². The summed E-state index contributed by atoms with van der Waals surface area (Å²) < 4.78 is 35.3. The second kappa shape index (κ2) is 3.08. The Morgan fingerprint density at radius 1 is 1.38 bits per heavy atom. The highest BCUT2D eigenvalue weighted by atomic mass is 19.4. The summed E-state index contributed by atoms with van der Waals surface area (Å²) in [6.07, 6.45) is -2.92. The predicted molar refractivity (Wildman–Crippen MR) is 34.4 cm³/mol. The van der Waals surface area contributed by atoms with Crippen LogP contribution >= 0.6 is 0 Å². The average Bonchev–Trinajstić information content (AvgIpc) is 1.93. The lowest BCUT2D eigenvalue weighted by molar-refractivity contribution is -0.137. The van der Waals surface area contributed by atoms with Crippen LogP contribution in [0.25, 0.3) is 0 Å². The van der Waals surface area contributed by atoms with Gasteiger partial charge in [0.1, 0.15) is 6.54 Å². The van der Waals surface area contributed by atoms with E-state index in [9.17, 15) is 22.8 Å². The van der Waals surface area contributed by atoms with Crippen molar-refractivity contribution in [2.45, 2.75) is 6.18 Å². The number of hydrogen-bond acceptors (Lipinski definition) is 2. The molecule has 1 heterocycles. The second-order valence-electron chi connectivity index (χ2n) is 2.29. The van der Waals surface area contributed by atoms with Crippen LogP contribution in [0.15, 0.2) is 12.3 Å². The SMILES string of the molecule is O=C1C=CN(CC(F)(F)F)C(=O)[N]1. The molecular weight excluding hydrogens is 189 g/mol. The minimum absolute atomic E-state index is 0.321. The summed E-state index contributed by atoms with van der Waals surface area (Å²) in [6.45, 7) is -1.43. The second-order valence-corrected chi connectivity index (χ2v) is 2.29. The van der Waals surface area contributed by atoms with Crippen LogP contribution in [-0.2, 0) is 4.79 Å². The highest BCUT2D eigenvalue weighted by Crippen LogP contribution is 2.17. The highest BCUT2D eigenvalue weighted by molar-refractivity contribution is 6.02. The Morgan fingerprint density at radius 2 is 2.00 bits per heavy atom. The number of alkyl halides is 3. The molecule has 1 radical (unpaired) electrons. The van der Waals surface area contributed by atoms with E-state index in [1.54, 1.807) is 0 Å². The van der Waals surface area contributed by atoms with Gasteiger partial charge in [0.05, 0.1) is 0 Å². The monoisotopic (exact) mass is 193 g/mol. The molecule has 0 N–H and O–H groups in total. The topological polar surface area (TPSA) is 51.5 Å². The molecule has 1 aliphatic heterocycles. The maximum atomic E-state index is 11.8. The molecule has 0 saturated carbocycles.